The zero-order valence-electron chi connectivity index (χ0n) is 15.1. The van der Waals surface area contributed by atoms with Crippen LogP contribution in [0.2, 0.25) is 0 Å². The Labute approximate surface area is 157 Å². The van der Waals surface area contributed by atoms with Crippen molar-refractivity contribution in [3.63, 3.8) is 0 Å². The summed E-state index contributed by atoms with van der Waals surface area (Å²) in [4.78, 5) is 23.8. The molecule has 1 aromatic carbocycles. The fourth-order valence-corrected chi connectivity index (χ4v) is 3.93. The molecule has 27 heavy (non-hydrogen) atoms. The predicted molar refractivity (Wildman–Crippen MR) is 97.7 cm³/mol. The molecule has 2 amide bonds. The number of furan rings is 1. The van der Waals surface area contributed by atoms with E-state index in [4.69, 9.17) is 9.15 Å². The number of aryl methyl sites for hydroxylation is 1. The molecule has 2 N–H and O–H groups in total. The monoisotopic (exact) mass is 394 g/mol. The van der Waals surface area contributed by atoms with E-state index in [1.165, 1.54) is 31.6 Å². The van der Waals surface area contributed by atoms with E-state index in [2.05, 4.69) is 10.6 Å². The van der Waals surface area contributed by atoms with E-state index in [9.17, 15) is 18.0 Å². The van der Waals surface area contributed by atoms with E-state index in [1.54, 1.807) is 18.2 Å². The van der Waals surface area contributed by atoms with E-state index >= 15 is 0 Å². The highest BCUT2D eigenvalue weighted by molar-refractivity contribution is 7.91. The molecule has 2 aromatic rings. The summed E-state index contributed by atoms with van der Waals surface area (Å²) in [6.07, 6.45) is 1.35. The summed E-state index contributed by atoms with van der Waals surface area (Å²) in [6.45, 7) is 1.98. The first-order valence-electron chi connectivity index (χ1n) is 8.25. The molecule has 0 bridgehead atoms. The third-order valence-electron chi connectivity index (χ3n) is 3.83. The van der Waals surface area contributed by atoms with Gasteiger partial charge in [0.1, 0.15) is 11.0 Å². The fraction of sp³-hybridized carbons (Fsp3) is 0.333. The minimum Gasteiger partial charge on any atom is -0.468 e. The normalized spacial score (nSPS) is 12.4. The first-order chi connectivity index (χ1) is 12.9. The second kappa shape index (κ2) is 9.33. The lowest BCUT2D eigenvalue weighted by Crippen LogP contribution is -2.43. The number of amides is 2. The number of carbonyl (C=O) groups is 2. The molecule has 8 nitrogen and oxygen atoms in total. The van der Waals surface area contributed by atoms with Crippen LogP contribution in [0.15, 0.2) is 52.0 Å². The van der Waals surface area contributed by atoms with Gasteiger partial charge in [-0.1, -0.05) is 17.7 Å². The molecule has 0 fully saturated rings. The third kappa shape index (κ3) is 5.41. The molecule has 0 aliphatic rings. The van der Waals surface area contributed by atoms with Crippen molar-refractivity contribution < 1.29 is 27.2 Å². The molecule has 0 saturated heterocycles. The minimum absolute atomic E-state index is 0.105. The van der Waals surface area contributed by atoms with Crippen LogP contribution in [0.1, 0.15) is 16.6 Å². The summed E-state index contributed by atoms with van der Waals surface area (Å²) in [7, 11) is -2.37. The highest BCUT2D eigenvalue weighted by Gasteiger charge is 2.32. The average Bonchev–Trinajstić information content (AvgIpc) is 3.16. The van der Waals surface area contributed by atoms with Gasteiger partial charge in [0.25, 0.3) is 0 Å². The lowest BCUT2D eigenvalue weighted by molar-refractivity contribution is -0.139. The van der Waals surface area contributed by atoms with E-state index in [1.807, 2.05) is 6.92 Å². The van der Waals surface area contributed by atoms with Gasteiger partial charge in [-0.05, 0) is 31.2 Å². The standard InChI is InChI=1S/C18H22N2O6S/c1-13-5-7-14(8-6-13)27(23,24)16(15-4-3-10-26-15)12-20-18(22)17(21)19-9-11-25-2/h3-8,10,16H,9,11-12H2,1-2H3,(H,19,21)(H,20,22)/t16-/m1/s1. The van der Waals surface area contributed by atoms with Gasteiger partial charge in [-0.2, -0.15) is 0 Å². The highest BCUT2D eigenvalue weighted by atomic mass is 32.2. The number of rotatable bonds is 8. The molecule has 1 aromatic heterocycles. The van der Waals surface area contributed by atoms with Crippen molar-refractivity contribution in [2.24, 2.45) is 0 Å². The van der Waals surface area contributed by atoms with Gasteiger partial charge < -0.3 is 19.8 Å². The maximum Gasteiger partial charge on any atom is 0.309 e. The van der Waals surface area contributed by atoms with Crippen LogP contribution in [0.5, 0.6) is 0 Å². The molecule has 0 spiro atoms. The van der Waals surface area contributed by atoms with Gasteiger partial charge in [-0.15, -0.1) is 0 Å². The molecule has 9 heteroatoms. The average molecular weight is 394 g/mol. The summed E-state index contributed by atoms with van der Waals surface area (Å²) in [6, 6.07) is 9.45. The minimum atomic E-state index is -3.84. The van der Waals surface area contributed by atoms with Crippen LogP contribution in [0.3, 0.4) is 0 Å². The molecule has 1 atom stereocenters. The van der Waals surface area contributed by atoms with E-state index < -0.39 is 26.9 Å². The number of nitrogens with one attached hydrogen (secondary N) is 2. The molecular formula is C18H22N2O6S. The van der Waals surface area contributed by atoms with Crippen molar-refractivity contribution in [1.82, 2.24) is 10.6 Å². The summed E-state index contributed by atoms with van der Waals surface area (Å²) in [5.74, 6) is -1.62. The SMILES string of the molecule is COCCNC(=O)C(=O)NC[C@H](c1ccco1)S(=O)(=O)c1ccc(C)cc1. The molecule has 0 saturated carbocycles. The molecule has 1 heterocycles. The Balaban J connectivity index is 2.15. The molecule has 146 valence electrons. The van der Waals surface area contributed by atoms with Gasteiger partial charge in [0, 0.05) is 20.2 Å². The lowest BCUT2D eigenvalue weighted by Gasteiger charge is -2.16. The van der Waals surface area contributed by atoms with Crippen LogP contribution in [-0.4, -0.2) is 47.0 Å². The maximum atomic E-state index is 13.0. The number of hydrogen-bond acceptors (Lipinski definition) is 6. The van der Waals surface area contributed by atoms with Gasteiger partial charge in [-0.3, -0.25) is 9.59 Å². The number of hydrogen-bond donors (Lipinski definition) is 2. The largest absolute Gasteiger partial charge is 0.468 e. The predicted octanol–water partition coefficient (Wildman–Crippen LogP) is 0.982. The highest BCUT2D eigenvalue weighted by Crippen LogP contribution is 2.29. The Hall–Kier alpha value is -2.65. The third-order valence-corrected chi connectivity index (χ3v) is 5.91. The van der Waals surface area contributed by atoms with Crippen LogP contribution in [-0.2, 0) is 24.2 Å². The van der Waals surface area contributed by atoms with Crippen molar-refractivity contribution in [2.45, 2.75) is 17.1 Å². The van der Waals surface area contributed by atoms with Crippen LogP contribution < -0.4 is 10.6 Å². The van der Waals surface area contributed by atoms with Gasteiger partial charge in [-0.25, -0.2) is 8.42 Å². The molecular weight excluding hydrogens is 372 g/mol. The number of carbonyl (C=O) groups excluding carboxylic acids is 2. The van der Waals surface area contributed by atoms with Gasteiger partial charge in [0.05, 0.1) is 17.8 Å². The first kappa shape index (κ1) is 20.7. The van der Waals surface area contributed by atoms with E-state index in [0.29, 0.717) is 0 Å². The Bertz CT molecular complexity index is 860. The summed E-state index contributed by atoms with van der Waals surface area (Å²) in [5.41, 5.74) is 0.921. The first-order valence-corrected chi connectivity index (χ1v) is 9.80. The molecule has 0 radical (unpaired) electrons. The molecule has 0 aliphatic carbocycles. The number of benzene rings is 1. The van der Waals surface area contributed by atoms with Gasteiger partial charge >= 0.3 is 11.8 Å². The van der Waals surface area contributed by atoms with Crippen molar-refractivity contribution in [3.05, 3.63) is 54.0 Å². The summed E-state index contributed by atoms with van der Waals surface area (Å²) < 4.78 is 36.0. The lowest BCUT2D eigenvalue weighted by atomic mass is 10.2. The molecule has 0 unspecified atom stereocenters. The Morgan fingerprint density at radius 2 is 1.78 bits per heavy atom. The van der Waals surface area contributed by atoms with Crippen LogP contribution in [0, 0.1) is 6.92 Å². The zero-order valence-corrected chi connectivity index (χ0v) is 15.9. The number of sulfone groups is 1. The van der Waals surface area contributed by atoms with E-state index in [-0.39, 0.29) is 30.4 Å². The Kier molecular flexibility index (Phi) is 7.14. The molecule has 2 rings (SSSR count). The van der Waals surface area contributed by atoms with E-state index in [0.717, 1.165) is 5.56 Å². The Morgan fingerprint density at radius 3 is 2.37 bits per heavy atom. The topological polar surface area (TPSA) is 115 Å². The summed E-state index contributed by atoms with van der Waals surface area (Å²) in [5, 5.41) is 3.56. The van der Waals surface area contributed by atoms with Crippen LogP contribution in [0.4, 0.5) is 0 Å². The number of ether oxygens (including phenoxy) is 1. The maximum absolute atomic E-state index is 13.0. The quantitative estimate of drug-likeness (QED) is 0.510. The molecule has 0 aliphatic heterocycles. The van der Waals surface area contributed by atoms with Crippen LogP contribution in [0.25, 0.3) is 0 Å². The van der Waals surface area contributed by atoms with Crippen molar-refractivity contribution >= 4 is 21.7 Å². The zero-order chi connectivity index (χ0) is 19.9. The van der Waals surface area contributed by atoms with Crippen molar-refractivity contribution in [2.75, 3.05) is 26.8 Å². The smallest absolute Gasteiger partial charge is 0.309 e. The van der Waals surface area contributed by atoms with Gasteiger partial charge in [0.2, 0.25) is 0 Å². The van der Waals surface area contributed by atoms with Crippen molar-refractivity contribution in [1.29, 1.82) is 0 Å². The number of methoxy groups -OCH3 is 1. The van der Waals surface area contributed by atoms with Crippen LogP contribution >= 0.6 is 0 Å². The fourth-order valence-electron chi connectivity index (χ4n) is 2.34. The second-order valence-corrected chi connectivity index (χ2v) is 7.95. The summed E-state index contributed by atoms with van der Waals surface area (Å²) >= 11 is 0. The van der Waals surface area contributed by atoms with Crippen molar-refractivity contribution in [3.8, 4) is 0 Å². The van der Waals surface area contributed by atoms with Gasteiger partial charge in [0.15, 0.2) is 9.84 Å². The Morgan fingerprint density at radius 1 is 1.11 bits per heavy atom. The second-order valence-electron chi connectivity index (χ2n) is 5.82.